The molecule has 0 bridgehead atoms. The van der Waals surface area contributed by atoms with Gasteiger partial charge in [0, 0.05) is 23.9 Å². The molecule has 0 aromatic carbocycles. The molecule has 3 nitrogen and oxygen atoms in total. The lowest BCUT2D eigenvalue weighted by Crippen LogP contribution is -2.27. The third kappa shape index (κ3) is 1.09. The van der Waals surface area contributed by atoms with Gasteiger partial charge >= 0.3 is 0 Å². The fraction of sp³-hybridized carbons (Fsp3) is 0.333. The zero-order chi connectivity index (χ0) is 9.54. The number of nitrogens with zero attached hydrogens (tertiary/aromatic N) is 2. The number of amides is 1. The van der Waals surface area contributed by atoms with Crippen molar-refractivity contribution in [1.29, 1.82) is 0 Å². The summed E-state index contributed by atoms with van der Waals surface area (Å²) in [5.74, 6) is 1.02. The minimum atomic E-state index is -0.177. The second-order valence-electron chi connectivity index (χ2n) is 3.20. The number of aliphatic imine (C=N–C) groups is 1. The molecule has 3 heterocycles. The summed E-state index contributed by atoms with van der Waals surface area (Å²) in [5, 5.41) is 4.22. The summed E-state index contributed by atoms with van der Waals surface area (Å²) in [4.78, 5) is 17.9. The topological polar surface area (TPSA) is 32.7 Å². The Labute approximate surface area is 90.3 Å². The van der Waals surface area contributed by atoms with Crippen LogP contribution in [0.1, 0.15) is 0 Å². The number of carbonyl (C=O) groups excluding carboxylic acids is 1. The van der Waals surface area contributed by atoms with E-state index in [9.17, 15) is 4.79 Å². The van der Waals surface area contributed by atoms with Gasteiger partial charge in [-0.25, -0.2) is 0 Å². The Balaban J connectivity index is 2.04. The Morgan fingerprint density at radius 3 is 3.43 bits per heavy atom. The number of fused-ring (bicyclic) bond motifs is 3. The lowest BCUT2D eigenvalue weighted by Gasteiger charge is -2.19. The van der Waals surface area contributed by atoms with Crippen LogP contribution < -0.4 is 0 Å². The zero-order valence-corrected chi connectivity index (χ0v) is 8.92. The highest BCUT2D eigenvalue weighted by molar-refractivity contribution is 8.05. The molecule has 3 aliphatic heterocycles. The van der Waals surface area contributed by atoms with Crippen LogP contribution in [0.2, 0.25) is 0 Å². The maximum Gasteiger partial charge on any atom is 0.257 e. The smallest absolute Gasteiger partial charge is 0.257 e. The molecule has 0 aliphatic carbocycles. The summed E-state index contributed by atoms with van der Waals surface area (Å²) in [7, 11) is 0. The molecule has 0 aromatic rings. The van der Waals surface area contributed by atoms with Crippen molar-refractivity contribution in [2.75, 3.05) is 5.75 Å². The zero-order valence-electron chi connectivity index (χ0n) is 7.29. The molecule has 0 spiro atoms. The molecule has 14 heavy (non-hydrogen) atoms. The van der Waals surface area contributed by atoms with Gasteiger partial charge < -0.3 is 0 Å². The van der Waals surface area contributed by atoms with E-state index in [0.717, 1.165) is 11.4 Å². The molecular weight excluding hydrogens is 216 g/mol. The van der Waals surface area contributed by atoms with E-state index >= 15 is 0 Å². The van der Waals surface area contributed by atoms with E-state index in [2.05, 4.69) is 10.4 Å². The van der Waals surface area contributed by atoms with Crippen molar-refractivity contribution < 1.29 is 4.79 Å². The number of thioether (sulfide) groups is 2. The summed E-state index contributed by atoms with van der Waals surface area (Å²) < 4.78 is 0. The van der Waals surface area contributed by atoms with Crippen molar-refractivity contribution in [2.24, 2.45) is 4.99 Å². The molecule has 0 saturated carbocycles. The number of hydrogen-bond acceptors (Lipinski definition) is 4. The average Bonchev–Trinajstić information content (AvgIpc) is 2.55. The summed E-state index contributed by atoms with van der Waals surface area (Å²) in [5.41, 5.74) is 1.11. The molecule has 2 unspecified atom stereocenters. The maximum absolute atomic E-state index is 11.9. The highest BCUT2D eigenvalue weighted by atomic mass is 32.2. The predicted octanol–water partition coefficient (Wildman–Crippen LogP) is 1.44. The first-order valence-corrected chi connectivity index (χ1v) is 6.35. The van der Waals surface area contributed by atoms with E-state index in [4.69, 9.17) is 0 Å². The Kier molecular flexibility index (Phi) is 1.95. The van der Waals surface area contributed by atoms with Crippen LogP contribution in [0.3, 0.4) is 0 Å². The van der Waals surface area contributed by atoms with Gasteiger partial charge in [-0.05, 0) is 10.8 Å². The van der Waals surface area contributed by atoms with Crippen molar-refractivity contribution in [3.63, 3.8) is 0 Å². The van der Waals surface area contributed by atoms with Crippen LogP contribution in [0.15, 0.2) is 27.7 Å². The largest absolute Gasteiger partial charge is 0.287 e. The highest BCUT2D eigenvalue weighted by Gasteiger charge is 2.45. The van der Waals surface area contributed by atoms with Gasteiger partial charge in [0.2, 0.25) is 0 Å². The second kappa shape index (κ2) is 3.17. The van der Waals surface area contributed by atoms with Gasteiger partial charge in [0.15, 0.2) is 0 Å². The third-order valence-electron chi connectivity index (χ3n) is 2.44. The standard InChI is InChI=1S/C9H8N2OS2/c12-9-7-8(14-3-1-10-7)6-5-13-4-2-11(6)9/h1-2,4-5,7-8H,3H2. The second-order valence-corrected chi connectivity index (χ2v) is 5.16. The first-order chi connectivity index (χ1) is 6.88. The fourth-order valence-electron chi connectivity index (χ4n) is 1.81. The van der Waals surface area contributed by atoms with Crippen molar-refractivity contribution >= 4 is 35.6 Å². The Bertz CT molecular complexity index is 375. The first kappa shape index (κ1) is 8.61. The summed E-state index contributed by atoms with van der Waals surface area (Å²) >= 11 is 3.42. The molecule has 72 valence electrons. The van der Waals surface area contributed by atoms with Gasteiger partial charge in [-0.15, -0.1) is 23.5 Å². The molecule has 0 N–H and O–H groups in total. The summed E-state index contributed by atoms with van der Waals surface area (Å²) in [6.45, 7) is 0. The molecule has 0 aromatic heterocycles. The number of carbonyl (C=O) groups is 1. The van der Waals surface area contributed by atoms with Gasteiger partial charge in [-0.2, -0.15) is 0 Å². The van der Waals surface area contributed by atoms with Gasteiger partial charge in [0.05, 0.1) is 5.25 Å². The average molecular weight is 224 g/mol. The molecule has 0 radical (unpaired) electrons. The predicted molar refractivity (Wildman–Crippen MR) is 60.2 cm³/mol. The molecule has 5 heteroatoms. The number of rotatable bonds is 0. The third-order valence-corrected chi connectivity index (χ3v) is 4.30. The molecule has 2 atom stereocenters. The summed E-state index contributed by atoms with van der Waals surface area (Å²) in [6.07, 6.45) is 3.69. The lowest BCUT2D eigenvalue weighted by molar-refractivity contribution is -0.125. The van der Waals surface area contributed by atoms with E-state index in [1.165, 1.54) is 0 Å². The van der Waals surface area contributed by atoms with Crippen LogP contribution in [0.4, 0.5) is 0 Å². The Morgan fingerprint density at radius 2 is 2.50 bits per heavy atom. The van der Waals surface area contributed by atoms with Crippen LogP contribution in [0.25, 0.3) is 0 Å². The van der Waals surface area contributed by atoms with Gasteiger partial charge in [0.25, 0.3) is 5.91 Å². The molecular formula is C9H8N2OS2. The Hall–Kier alpha value is -0.680. The lowest BCUT2D eigenvalue weighted by atomic mass is 10.2. The molecule has 3 aliphatic rings. The number of hydrogen-bond donors (Lipinski definition) is 0. The van der Waals surface area contributed by atoms with Gasteiger partial charge in [-0.3, -0.25) is 14.7 Å². The molecule has 3 rings (SSSR count). The van der Waals surface area contributed by atoms with Crippen molar-refractivity contribution in [2.45, 2.75) is 11.3 Å². The van der Waals surface area contributed by atoms with Crippen LogP contribution in [-0.4, -0.2) is 34.1 Å². The van der Waals surface area contributed by atoms with E-state index in [1.807, 2.05) is 17.8 Å². The first-order valence-electron chi connectivity index (χ1n) is 4.36. The normalized spacial score (nSPS) is 34.1. The van der Waals surface area contributed by atoms with E-state index in [1.54, 1.807) is 28.4 Å². The molecule has 1 fully saturated rings. The van der Waals surface area contributed by atoms with Gasteiger partial charge in [-0.1, -0.05) is 0 Å². The van der Waals surface area contributed by atoms with Crippen LogP contribution in [0, 0.1) is 0 Å². The monoisotopic (exact) mass is 224 g/mol. The van der Waals surface area contributed by atoms with Crippen LogP contribution >= 0.6 is 23.5 Å². The van der Waals surface area contributed by atoms with Crippen molar-refractivity contribution in [3.8, 4) is 0 Å². The van der Waals surface area contributed by atoms with Gasteiger partial charge in [0.1, 0.15) is 6.04 Å². The van der Waals surface area contributed by atoms with Crippen LogP contribution in [0.5, 0.6) is 0 Å². The van der Waals surface area contributed by atoms with E-state index in [0.29, 0.717) is 0 Å². The van der Waals surface area contributed by atoms with E-state index in [-0.39, 0.29) is 17.2 Å². The fourth-order valence-corrected chi connectivity index (χ4v) is 3.67. The van der Waals surface area contributed by atoms with Crippen molar-refractivity contribution in [3.05, 3.63) is 22.7 Å². The maximum atomic E-state index is 11.9. The quantitative estimate of drug-likeness (QED) is 0.624. The summed E-state index contributed by atoms with van der Waals surface area (Å²) in [6, 6.07) is -0.177. The SMILES string of the molecule is O=C1C2N=CCSC2C2=CSC=CN12. The van der Waals surface area contributed by atoms with Crippen molar-refractivity contribution in [1.82, 2.24) is 4.90 Å². The molecule has 1 saturated heterocycles. The highest BCUT2D eigenvalue weighted by Crippen LogP contribution is 2.39. The molecule has 1 amide bonds. The minimum absolute atomic E-state index is 0.112. The minimum Gasteiger partial charge on any atom is -0.287 e. The van der Waals surface area contributed by atoms with Crippen LogP contribution in [-0.2, 0) is 4.79 Å². The Morgan fingerprint density at radius 1 is 1.57 bits per heavy atom. The van der Waals surface area contributed by atoms with E-state index < -0.39 is 0 Å².